The summed E-state index contributed by atoms with van der Waals surface area (Å²) in [7, 11) is 1.98. The van der Waals surface area contributed by atoms with Crippen LogP contribution in [-0.4, -0.2) is 31.0 Å². The summed E-state index contributed by atoms with van der Waals surface area (Å²) >= 11 is 0. The second-order valence-electron chi connectivity index (χ2n) is 3.26. The molecule has 0 aromatic carbocycles. The lowest BCUT2D eigenvalue weighted by molar-refractivity contribution is 0.362. The van der Waals surface area contributed by atoms with E-state index in [0.717, 1.165) is 25.1 Å². The fourth-order valence-electron chi connectivity index (χ4n) is 0.959. The first-order valence-corrected chi connectivity index (χ1v) is 5.34. The van der Waals surface area contributed by atoms with Crippen molar-refractivity contribution < 1.29 is 0 Å². The Bertz CT molecular complexity index is 231. The number of rotatable bonds is 7. The molecule has 0 aliphatic rings. The fourth-order valence-corrected chi connectivity index (χ4v) is 0.959. The van der Waals surface area contributed by atoms with E-state index in [9.17, 15) is 0 Å². The SMILES string of the molecule is C/C=N/N/C(C)=C/CCN(C)/N=C\CC. The van der Waals surface area contributed by atoms with Gasteiger partial charge in [-0.2, -0.15) is 10.2 Å². The van der Waals surface area contributed by atoms with Crippen molar-refractivity contribution in [3.63, 3.8) is 0 Å². The lowest BCUT2D eigenvalue weighted by Crippen LogP contribution is -2.12. The molecule has 0 saturated heterocycles. The Balaban J connectivity index is 3.71. The lowest BCUT2D eigenvalue weighted by Gasteiger charge is -2.10. The molecule has 0 aromatic heterocycles. The van der Waals surface area contributed by atoms with Crippen molar-refractivity contribution in [3.05, 3.63) is 11.8 Å². The molecule has 0 fully saturated rings. The van der Waals surface area contributed by atoms with Crippen LogP contribution >= 0.6 is 0 Å². The van der Waals surface area contributed by atoms with Crippen LogP contribution in [0.25, 0.3) is 0 Å². The average molecular weight is 210 g/mol. The summed E-state index contributed by atoms with van der Waals surface area (Å²) in [6, 6.07) is 0. The van der Waals surface area contributed by atoms with Gasteiger partial charge in [0.05, 0.1) is 0 Å². The van der Waals surface area contributed by atoms with E-state index in [1.54, 1.807) is 6.21 Å². The van der Waals surface area contributed by atoms with E-state index in [0.29, 0.717) is 0 Å². The molecule has 15 heavy (non-hydrogen) atoms. The molecule has 0 aliphatic carbocycles. The van der Waals surface area contributed by atoms with Crippen LogP contribution in [0.15, 0.2) is 22.0 Å². The largest absolute Gasteiger partial charge is 0.300 e. The zero-order valence-electron chi connectivity index (χ0n) is 10.2. The van der Waals surface area contributed by atoms with Crippen LogP contribution in [0, 0.1) is 0 Å². The Labute approximate surface area is 92.7 Å². The van der Waals surface area contributed by atoms with Crippen molar-refractivity contribution in [2.45, 2.75) is 33.6 Å². The topological polar surface area (TPSA) is 40.0 Å². The summed E-state index contributed by atoms with van der Waals surface area (Å²) in [5.41, 5.74) is 3.99. The van der Waals surface area contributed by atoms with E-state index in [4.69, 9.17) is 0 Å². The van der Waals surface area contributed by atoms with Crippen LogP contribution in [0.1, 0.15) is 33.6 Å². The second kappa shape index (κ2) is 9.24. The van der Waals surface area contributed by atoms with Crippen LogP contribution < -0.4 is 5.43 Å². The minimum atomic E-state index is 0.922. The summed E-state index contributed by atoms with van der Waals surface area (Å²) in [6.07, 6.45) is 7.71. The van der Waals surface area contributed by atoms with Crippen LogP contribution in [0.4, 0.5) is 0 Å². The highest BCUT2D eigenvalue weighted by Crippen LogP contribution is 1.94. The monoisotopic (exact) mass is 210 g/mol. The highest BCUT2D eigenvalue weighted by molar-refractivity contribution is 5.55. The lowest BCUT2D eigenvalue weighted by atomic mass is 10.3. The van der Waals surface area contributed by atoms with Crippen molar-refractivity contribution in [2.24, 2.45) is 10.2 Å². The van der Waals surface area contributed by atoms with Gasteiger partial charge in [0.15, 0.2) is 0 Å². The van der Waals surface area contributed by atoms with E-state index in [-0.39, 0.29) is 0 Å². The van der Waals surface area contributed by atoms with Crippen LogP contribution in [-0.2, 0) is 0 Å². The van der Waals surface area contributed by atoms with Gasteiger partial charge in [0.25, 0.3) is 0 Å². The second-order valence-corrected chi connectivity index (χ2v) is 3.26. The van der Waals surface area contributed by atoms with E-state index in [1.807, 2.05) is 32.1 Å². The maximum absolute atomic E-state index is 4.23. The standard InChI is InChI=1S/C11H22N4/c1-5-9-13-15(4)10-7-8-11(3)14-12-6-2/h6,8-9,14H,5,7,10H2,1-4H3/b11-8+,12-6+,13-9-. The van der Waals surface area contributed by atoms with E-state index >= 15 is 0 Å². The zero-order chi connectivity index (χ0) is 11.5. The van der Waals surface area contributed by atoms with Crippen molar-refractivity contribution in [3.8, 4) is 0 Å². The third kappa shape index (κ3) is 9.00. The predicted octanol–water partition coefficient (Wildman–Crippen LogP) is 2.20. The zero-order valence-corrected chi connectivity index (χ0v) is 10.2. The maximum Gasteiger partial charge on any atom is 0.0392 e. The molecule has 0 aromatic rings. The molecule has 0 spiro atoms. The van der Waals surface area contributed by atoms with Crippen molar-refractivity contribution in [2.75, 3.05) is 13.6 Å². The Hall–Kier alpha value is -1.32. The third-order valence-electron chi connectivity index (χ3n) is 1.73. The number of allylic oxidation sites excluding steroid dienone is 1. The molecule has 0 amide bonds. The quantitative estimate of drug-likeness (QED) is 0.517. The molecule has 0 unspecified atom stereocenters. The number of hydrogen-bond donors (Lipinski definition) is 1. The summed E-state index contributed by atoms with van der Waals surface area (Å²) in [5.74, 6) is 0. The summed E-state index contributed by atoms with van der Waals surface area (Å²) < 4.78 is 0. The van der Waals surface area contributed by atoms with Crippen molar-refractivity contribution in [1.82, 2.24) is 10.4 Å². The van der Waals surface area contributed by atoms with Crippen LogP contribution in [0.5, 0.6) is 0 Å². The van der Waals surface area contributed by atoms with Crippen molar-refractivity contribution >= 4 is 12.4 Å². The van der Waals surface area contributed by atoms with E-state index < -0.39 is 0 Å². The first-order valence-electron chi connectivity index (χ1n) is 5.34. The molecule has 0 heterocycles. The molecule has 0 rings (SSSR count). The van der Waals surface area contributed by atoms with Gasteiger partial charge in [-0.3, -0.25) is 5.43 Å². The van der Waals surface area contributed by atoms with Gasteiger partial charge in [-0.15, -0.1) is 0 Å². The Morgan fingerprint density at radius 1 is 1.47 bits per heavy atom. The molecule has 0 aliphatic heterocycles. The number of nitrogens with zero attached hydrogens (tertiary/aromatic N) is 3. The minimum absolute atomic E-state index is 0.922. The molecule has 1 N–H and O–H groups in total. The Morgan fingerprint density at radius 3 is 2.80 bits per heavy atom. The van der Waals surface area contributed by atoms with E-state index in [1.165, 1.54) is 0 Å². The Morgan fingerprint density at radius 2 is 2.20 bits per heavy atom. The predicted molar refractivity (Wildman–Crippen MR) is 67.1 cm³/mol. The van der Waals surface area contributed by atoms with Crippen LogP contribution in [0.3, 0.4) is 0 Å². The van der Waals surface area contributed by atoms with Gasteiger partial charge in [0.1, 0.15) is 0 Å². The number of nitrogens with one attached hydrogen (secondary N) is 1. The number of hydrogen-bond acceptors (Lipinski definition) is 4. The molecule has 86 valence electrons. The smallest absolute Gasteiger partial charge is 0.0392 e. The molecule has 0 saturated carbocycles. The highest BCUT2D eigenvalue weighted by atomic mass is 15.4. The molecular weight excluding hydrogens is 188 g/mol. The highest BCUT2D eigenvalue weighted by Gasteiger charge is 1.90. The molecule has 0 radical (unpaired) electrons. The summed E-state index contributed by atoms with van der Waals surface area (Å²) in [5, 5.41) is 10.1. The third-order valence-corrected chi connectivity index (χ3v) is 1.73. The molecule has 4 nitrogen and oxygen atoms in total. The van der Waals surface area contributed by atoms with Gasteiger partial charge in [0, 0.05) is 31.7 Å². The summed E-state index contributed by atoms with van der Waals surface area (Å²) in [4.78, 5) is 0. The van der Waals surface area contributed by atoms with Crippen molar-refractivity contribution in [1.29, 1.82) is 0 Å². The van der Waals surface area contributed by atoms with Crippen LogP contribution in [0.2, 0.25) is 0 Å². The van der Waals surface area contributed by atoms with Gasteiger partial charge in [-0.25, -0.2) is 0 Å². The summed E-state index contributed by atoms with van der Waals surface area (Å²) in [6.45, 7) is 6.88. The molecule has 0 atom stereocenters. The molecule has 0 bridgehead atoms. The normalized spacial score (nSPS) is 12.7. The van der Waals surface area contributed by atoms with Gasteiger partial charge in [-0.1, -0.05) is 13.0 Å². The average Bonchev–Trinajstić information content (AvgIpc) is 2.23. The Kier molecular flexibility index (Phi) is 8.43. The van der Waals surface area contributed by atoms with Gasteiger partial charge in [0.2, 0.25) is 0 Å². The van der Waals surface area contributed by atoms with Gasteiger partial charge >= 0.3 is 0 Å². The molecular formula is C11H22N4. The van der Waals surface area contributed by atoms with Gasteiger partial charge < -0.3 is 5.01 Å². The minimum Gasteiger partial charge on any atom is -0.300 e. The fraction of sp³-hybridized carbons (Fsp3) is 0.636. The first kappa shape index (κ1) is 13.7. The first-order chi connectivity index (χ1) is 7.20. The maximum atomic E-state index is 4.23. The number of hydrazone groups is 2. The van der Waals surface area contributed by atoms with Gasteiger partial charge in [-0.05, 0) is 26.7 Å². The van der Waals surface area contributed by atoms with E-state index in [2.05, 4.69) is 28.6 Å². The molecule has 4 heteroatoms.